The molecule has 5 heteroatoms. The zero-order valence-corrected chi connectivity index (χ0v) is 18.0. The van der Waals surface area contributed by atoms with Crippen molar-refractivity contribution in [3.05, 3.63) is 77.0 Å². The van der Waals surface area contributed by atoms with Crippen molar-refractivity contribution in [2.75, 3.05) is 13.2 Å². The quantitative estimate of drug-likeness (QED) is 0.500. The number of aryl methyl sites for hydroxylation is 1. The highest BCUT2D eigenvalue weighted by Gasteiger charge is 2.44. The first-order chi connectivity index (χ1) is 15.1. The predicted molar refractivity (Wildman–Crippen MR) is 119 cm³/mol. The minimum Gasteiger partial charge on any atom is -0.490 e. The smallest absolute Gasteiger partial charge is 0.336 e. The lowest BCUT2D eigenvalue weighted by Crippen LogP contribution is -2.39. The largest absolute Gasteiger partial charge is 0.490 e. The average molecular weight is 418 g/mol. The molecule has 1 aliphatic heterocycles. The number of hydrogen-bond acceptors (Lipinski definition) is 5. The lowest BCUT2D eigenvalue weighted by atomic mass is 9.69. The van der Waals surface area contributed by atoms with Crippen molar-refractivity contribution in [2.45, 2.75) is 39.0 Å². The second kappa shape index (κ2) is 9.29. The SMILES string of the molecule is CC1=C(C(=O)OCCOc2ccccc2)[C@@H](c2ccccc2C)C2C(=O)CCCC2=N1. The van der Waals surface area contributed by atoms with E-state index in [0.29, 0.717) is 17.7 Å². The Labute approximate surface area is 182 Å². The monoisotopic (exact) mass is 417 g/mol. The molecule has 2 aliphatic rings. The minimum absolute atomic E-state index is 0.125. The number of Topliss-reactive ketones (excluding diaryl/α,β-unsaturated/α-hetero) is 1. The second-order valence-electron chi connectivity index (χ2n) is 8.03. The molecule has 31 heavy (non-hydrogen) atoms. The molecule has 0 amide bonds. The van der Waals surface area contributed by atoms with Crippen LogP contribution in [0.5, 0.6) is 5.75 Å². The van der Waals surface area contributed by atoms with E-state index in [1.165, 1.54) is 0 Å². The number of aliphatic imine (C=N–C) groups is 1. The van der Waals surface area contributed by atoms with Gasteiger partial charge in [-0.2, -0.15) is 0 Å². The van der Waals surface area contributed by atoms with Gasteiger partial charge >= 0.3 is 5.97 Å². The maximum absolute atomic E-state index is 13.2. The first kappa shape index (κ1) is 21.0. The van der Waals surface area contributed by atoms with Crippen molar-refractivity contribution in [3.8, 4) is 5.75 Å². The molecule has 160 valence electrons. The normalized spacial score (nSPS) is 20.7. The fraction of sp³-hybridized carbons (Fsp3) is 0.346. The Kier molecular flexibility index (Phi) is 6.31. The Morgan fingerprint density at radius 3 is 2.48 bits per heavy atom. The highest BCUT2D eigenvalue weighted by atomic mass is 16.6. The number of ketones is 1. The summed E-state index contributed by atoms with van der Waals surface area (Å²) in [6, 6.07) is 17.3. The van der Waals surface area contributed by atoms with E-state index >= 15 is 0 Å². The molecule has 5 nitrogen and oxygen atoms in total. The molecule has 0 radical (unpaired) electrons. The highest BCUT2D eigenvalue weighted by molar-refractivity contribution is 6.11. The predicted octanol–water partition coefficient (Wildman–Crippen LogP) is 4.80. The van der Waals surface area contributed by atoms with Gasteiger partial charge in [0.2, 0.25) is 0 Å². The molecule has 2 atom stereocenters. The standard InChI is InChI=1S/C26H27NO4/c1-17-9-6-7-12-20(17)24-23(18(2)27-21-13-8-14-22(28)25(21)24)26(29)31-16-15-30-19-10-4-3-5-11-19/h3-7,9-12,24-25H,8,13-16H2,1-2H3/t24-,25?/m1/s1. The number of ether oxygens (including phenoxy) is 2. The van der Waals surface area contributed by atoms with Gasteiger partial charge in [-0.15, -0.1) is 0 Å². The third-order valence-corrected chi connectivity index (χ3v) is 5.98. The first-order valence-corrected chi connectivity index (χ1v) is 10.8. The van der Waals surface area contributed by atoms with Crippen LogP contribution in [0.3, 0.4) is 0 Å². The van der Waals surface area contributed by atoms with Crippen molar-refractivity contribution in [1.29, 1.82) is 0 Å². The van der Waals surface area contributed by atoms with Crippen LogP contribution >= 0.6 is 0 Å². The summed E-state index contributed by atoms with van der Waals surface area (Å²) in [6.45, 7) is 4.23. The lowest BCUT2D eigenvalue weighted by molar-refractivity contribution is -0.140. The van der Waals surface area contributed by atoms with Gasteiger partial charge in [0.15, 0.2) is 0 Å². The zero-order chi connectivity index (χ0) is 21.8. The molecule has 1 fully saturated rings. The number of carbonyl (C=O) groups is 2. The Hall–Kier alpha value is -3.21. The number of allylic oxidation sites excluding steroid dienone is 1. The van der Waals surface area contributed by atoms with Crippen molar-refractivity contribution in [3.63, 3.8) is 0 Å². The summed E-state index contributed by atoms with van der Waals surface area (Å²) in [5.41, 5.74) is 4.06. The number of esters is 1. The average Bonchev–Trinajstić information content (AvgIpc) is 2.77. The first-order valence-electron chi connectivity index (χ1n) is 10.8. The molecule has 1 unspecified atom stereocenters. The topological polar surface area (TPSA) is 65.0 Å². The third-order valence-electron chi connectivity index (χ3n) is 5.98. The summed E-state index contributed by atoms with van der Waals surface area (Å²) in [5.74, 6) is -0.288. The van der Waals surface area contributed by atoms with E-state index in [1.54, 1.807) is 0 Å². The summed E-state index contributed by atoms with van der Waals surface area (Å²) in [5, 5.41) is 0. The molecule has 0 spiro atoms. The van der Waals surface area contributed by atoms with Crippen LogP contribution in [0.25, 0.3) is 0 Å². The lowest BCUT2D eigenvalue weighted by Gasteiger charge is -2.36. The van der Waals surface area contributed by atoms with Gasteiger partial charge in [-0.25, -0.2) is 4.79 Å². The molecule has 1 heterocycles. The molecule has 0 aromatic heterocycles. The van der Waals surface area contributed by atoms with Gasteiger partial charge in [0.05, 0.1) is 11.5 Å². The molecule has 2 aromatic carbocycles. The van der Waals surface area contributed by atoms with E-state index in [-0.39, 0.29) is 30.8 Å². The number of carbonyl (C=O) groups excluding carboxylic acids is 2. The summed E-state index contributed by atoms with van der Waals surface area (Å²) in [4.78, 5) is 30.8. The maximum Gasteiger partial charge on any atom is 0.336 e. The van der Waals surface area contributed by atoms with Gasteiger partial charge in [-0.1, -0.05) is 42.5 Å². The molecule has 2 aromatic rings. The number of hydrogen-bond donors (Lipinski definition) is 0. The van der Waals surface area contributed by atoms with Crippen molar-refractivity contribution < 1.29 is 19.1 Å². The Balaban J connectivity index is 1.58. The van der Waals surface area contributed by atoms with E-state index in [2.05, 4.69) is 4.99 Å². The Bertz CT molecular complexity index is 1040. The van der Waals surface area contributed by atoms with Crippen LogP contribution in [0.1, 0.15) is 43.2 Å². The number of benzene rings is 2. The van der Waals surface area contributed by atoms with Gasteiger partial charge in [-0.3, -0.25) is 9.79 Å². The second-order valence-corrected chi connectivity index (χ2v) is 8.03. The zero-order valence-electron chi connectivity index (χ0n) is 18.0. The number of fused-ring (bicyclic) bond motifs is 1. The number of rotatable bonds is 6. The minimum atomic E-state index is -0.427. The summed E-state index contributed by atoms with van der Waals surface area (Å²) in [6.07, 6.45) is 2.14. The Morgan fingerprint density at radius 1 is 0.968 bits per heavy atom. The Morgan fingerprint density at radius 2 is 1.71 bits per heavy atom. The fourth-order valence-electron chi connectivity index (χ4n) is 4.55. The van der Waals surface area contributed by atoms with E-state index in [1.807, 2.05) is 68.4 Å². The van der Waals surface area contributed by atoms with E-state index in [0.717, 1.165) is 35.4 Å². The van der Waals surface area contributed by atoms with Crippen molar-refractivity contribution >= 4 is 17.5 Å². The van der Waals surface area contributed by atoms with E-state index in [4.69, 9.17) is 9.47 Å². The van der Waals surface area contributed by atoms with E-state index < -0.39 is 5.97 Å². The van der Waals surface area contributed by atoms with Crippen LogP contribution in [0.15, 0.2) is 70.9 Å². The van der Waals surface area contributed by atoms with Gasteiger partial charge in [0.1, 0.15) is 24.7 Å². The summed E-state index contributed by atoms with van der Waals surface area (Å²) >= 11 is 0. The molecule has 1 saturated carbocycles. The van der Waals surface area contributed by atoms with Crippen molar-refractivity contribution in [1.82, 2.24) is 0 Å². The van der Waals surface area contributed by atoms with Crippen molar-refractivity contribution in [2.24, 2.45) is 10.9 Å². The van der Waals surface area contributed by atoms with Crippen LogP contribution in [-0.4, -0.2) is 30.7 Å². The number of nitrogens with zero attached hydrogens (tertiary/aromatic N) is 1. The molecule has 0 N–H and O–H groups in total. The molecular weight excluding hydrogens is 390 g/mol. The van der Waals surface area contributed by atoms with Crippen LogP contribution in [-0.2, 0) is 14.3 Å². The van der Waals surface area contributed by atoms with Crippen LogP contribution in [0, 0.1) is 12.8 Å². The van der Waals surface area contributed by atoms with Crippen LogP contribution < -0.4 is 4.74 Å². The maximum atomic E-state index is 13.2. The molecule has 4 rings (SSSR count). The molecule has 0 bridgehead atoms. The van der Waals surface area contributed by atoms with Crippen LogP contribution in [0.4, 0.5) is 0 Å². The van der Waals surface area contributed by atoms with Gasteiger partial charge < -0.3 is 9.47 Å². The molecule has 1 aliphatic carbocycles. The third kappa shape index (κ3) is 4.46. The number of para-hydroxylation sites is 1. The molecular formula is C26H27NO4. The summed E-state index contributed by atoms with van der Waals surface area (Å²) < 4.78 is 11.2. The molecule has 0 saturated heterocycles. The highest BCUT2D eigenvalue weighted by Crippen LogP contribution is 2.43. The van der Waals surface area contributed by atoms with Gasteiger partial charge in [0, 0.05) is 23.7 Å². The summed E-state index contributed by atoms with van der Waals surface area (Å²) in [7, 11) is 0. The van der Waals surface area contributed by atoms with Gasteiger partial charge in [-0.05, 0) is 49.9 Å². The van der Waals surface area contributed by atoms with Crippen LogP contribution in [0.2, 0.25) is 0 Å². The fourth-order valence-corrected chi connectivity index (χ4v) is 4.55. The van der Waals surface area contributed by atoms with E-state index in [9.17, 15) is 9.59 Å². The van der Waals surface area contributed by atoms with Gasteiger partial charge in [0.25, 0.3) is 0 Å².